The van der Waals surface area contributed by atoms with Crippen LogP contribution in [0.1, 0.15) is 39.2 Å². The molecule has 0 aliphatic carbocycles. The molecule has 3 heterocycles. The molecule has 1 N–H and O–H groups in total. The molecular weight excluding hydrogens is 356 g/mol. The van der Waals surface area contributed by atoms with Gasteiger partial charge < -0.3 is 10.2 Å². The maximum Gasteiger partial charge on any atom is 0.150 e. The lowest BCUT2D eigenvalue weighted by molar-refractivity contribution is 0.360. The highest BCUT2D eigenvalue weighted by Gasteiger charge is 2.29. The standard InChI is InChI=1S/C22H29ClN4/c1-14-15(2)17-4-5-18-12-19(23)6-7-20(18)26-22(21(13-17)25-16(14)3)27-10-8-24-9-11-27/h6-7,12,16-17,24H,4-5,8-11,13H2,1-3H3. The van der Waals surface area contributed by atoms with Crippen molar-refractivity contribution < 1.29 is 0 Å². The zero-order chi connectivity index (χ0) is 19.0. The van der Waals surface area contributed by atoms with Crippen LogP contribution < -0.4 is 5.32 Å². The van der Waals surface area contributed by atoms with Gasteiger partial charge in [-0.3, -0.25) is 4.99 Å². The first-order valence-electron chi connectivity index (χ1n) is 10.1. The predicted octanol–water partition coefficient (Wildman–Crippen LogP) is 4.41. The molecule has 1 fully saturated rings. The van der Waals surface area contributed by atoms with Gasteiger partial charge in [0, 0.05) is 31.2 Å². The Morgan fingerprint density at radius 1 is 1.15 bits per heavy atom. The zero-order valence-corrected chi connectivity index (χ0v) is 17.3. The zero-order valence-electron chi connectivity index (χ0n) is 16.6. The van der Waals surface area contributed by atoms with Crippen molar-refractivity contribution in [3.05, 3.63) is 39.9 Å². The molecule has 0 amide bonds. The summed E-state index contributed by atoms with van der Waals surface area (Å²) in [4.78, 5) is 12.8. The third-order valence-corrected chi connectivity index (χ3v) is 6.59. The topological polar surface area (TPSA) is 40.0 Å². The first-order valence-corrected chi connectivity index (χ1v) is 10.5. The molecule has 3 aliphatic rings. The van der Waals surface area contributed by atoms with Crippen LogP contribution in [0.15, 0.2) is 39.3 Å². The van der Waals surface area contributed by atoms with E-state index in [2.05, 4.69) is 43.1 Å². The first-order chi connectivity index (χ1) is 13.0. The lowest BCUT2D eigenvalue weighted by Crippen LogP contribution is -2.49. The summed E-state index contributed by atoms with van der Waals surface area (Å²) in [6.07, 6.45) is 3.11. The fraction of sp³-hybridized carbons (Fsp3) is 0.545. The van der Waals surface area contributed by atoms with Crippen LogP contribution in [-0.4, -0.2) is 48.7 Å². The van der Waals surface area contributed by atoms with E-state index in [4.69, 9.17) is 21.6 Å². The van der Waals surface area contributed by atoms with Crippen LogP contribution in [0.4, 0.5) is 5.69 Å². The summed E-state index contributed by atoms with van der Waals surface area (Å²) in [5.41, 5.74) is 6.40. The number of rotatable bonds is 0. The van der Waals surface area contributed by atoms with Crippen molar-refractivity contribution in [3.63, 3.8) is 0 Å². The van der Waals surface area contributed by atoms with Crippen LogP contribution in [-0.2, 0) is 6.42 Å². The van der Waals surface area contributed by atoms with E-state index in [1.807, 2.05) is 6.07 Å². The molecule has 0 saturated carbocycles. The van der Waals surface area contributed by atoms with Gasteiger partial charge in [-0.15, -0.1) is 0 Å². The Balaban J connectivity index is 1.85. The highest BCUT2D eigenvalue weighted by Crippen LogP contribution is 2.34. The number of nitrogens with zero attached hydrogens (tertiary/aromatic N) is 3. The molecule has 2 atom stereocenters. The van der Waals surface area contributed by atoms with Crippen LogP contribution >= 0.6 is 11.6 Å². The van der Waals surface area contributed by atoms with Crippen molar-refractivity contribution in [2.24, 2.45) is 15.9 Å². The second-order valence-electron chi connectivity index (χ2n) is 8.00. The van der Waals surface area contributed by atoms with E-state index in [1.165, 1.54) is 22.4 Å². The summed E-state index contributed by atoms with van der Waals surface area (Å²) in [6.45, 7) is 10.7. The second kappa shape index (κ2) is 7.76. The van der Waals surface area contributed by atoms with Crippen molar-refractivity contribution in [2.45, 2.75) is 46.1 Å². The van der Waals surface area contributed by atoms with E-state index in [1.54, 1.807) is 0 Å². The molecule has 0 radical (unpaired) electrons. The normalized spacial score (nSPS) is 26.3. The van der Waals surface area contributed by atoms with Gasteiger partial charge in [0.25, 0.3) is 0 Å². The van der Waals surface area contributed by atoms with Crippen LogP contribution in [0.5, 0.6) is 0 Å². The summed E-state index contributed by atoms with van der Waals surface area (Å²) < 4.78 is 0. The lowest BCUT2D eigenvalue weighted by atomic mass is 9.86. The molecule has 1 aromatic carbocycles. The smallest absolute Gasteiger partial charge is 0.150 e. The highest BCUT2D eigenvalue weighted by molar-refractivity contribution is 6.42. The van der Waals surface area contributed by atoms with Crippen molar-refractivity contribution in [1.82, 2.24) is 10.2 Å². The second-order valence-corrected chi connectivity index (χ2v) is 8.44. The van der Waals surface area contributed by atoms with Gasteiger partial charge in [0.05, 0.1) is 17.4 Å². The van der Waals surface area contributed by atoms with Crippen LogP contribution in [0.2, 0.25) is 5.02 Å². The van der Waals surface area contributed by atoms with E-state index in [-0.39, 0.29) is 6.04 Å². The highest BCUT2D eigenvalue weighted by atomic mass is 35.5. The van der Waals surface area contributed by atoms with Crippen LogP contribution in [0, 0.1) is 5.92 Å². The van der Waals surface area contributed by atoms with Gasteiger partial charge in [0.2, 0.25) is 0 Å². The molecule has 5 heteroatoms. The van der Waals surface area contributed by atoms with Crippen LogP contribution in [0.25, 0.3) is 0 Å². The van der Waals surface area contributed by atoms with Crippen molar-refractivity contribution in [2.75, 3.05) is 26.2 Å². The molecule has 2 bridgehead atoms. The van der Waals surface area contributed by atoms with Gasteiger partial charge in [-0.1, -0.05) is 22.7 Å². The molecule has 0 spiro atoms. The summed E-state index contributed by atoms with van der Waals surface area (Å²) in [7, 11) is 0. The third kappa shape index (κ3) is 3.83. The Bertz CT molecular complexity index is 818. The maximum absolute atomic E-state index is 6.30. The number of allylic oxidation sites excluding steroid dienone is 1. The predicted molar refractivity (Wildman–Crippen MR) is 115 cm³/mol. The van der Waals surface area contributed by atoms with Crippen molar-refractivity contribution >= 4 is 28.8 Å². The van der Waals surface area contributed by atoms with E-state index < -0.39 is 0 Å². The quantitative estimate of drug-likeness (QED) is 0.673. The van der Waals surface area contributed by atoms with Gasteiger partial charge >= 0.3 is 0 Å². The molecule has 1 saturated heterocycles. The SMILES string of the molecule is CC1=C(C)C(C)N=C2CC1CCc1cc(Cl)ccc1N=C2N1CCNCC1. The molecule has 4 rings (SSSR count). The minimum atomic E-state index is 0.224. The number of hydrogen-bond acceptors (Lipinski definition) is 4. The molecule has 27 heavy (non-hydrogen) atoms. The Morgan fingerprint density at radius 2 is 1.93 bits per heavy atom. The number of amidine groups is 1. The fourth-order valence-corrected chi connectivity index (χ4v) is 4.59. The average molecular weight is 385 g/mol. The summed E-state index contributed by atoms with van der Waals surface area (Å²) in [5.74, 6) is 1.59. The van der Waals surface area contributed by atoms with Gasteiger partial charge in [-0.2, -0.15) is 0 Å². The molecule has 3 aliphatic heterocycles. The third-order valence-electron chi connectivity index (χ3n) is 6.35. The molecule has 4 nitrogen and oxygen atoms in total. The Kier molecular flexibility index (Phi) is 5.38. The number of fused-ring (bicyclic) bond motifs is 3. The summed E-state index contributed by atoms with van der Waals surface area (Å²) in [5, 5.41) is 4.24. The molecule has 1 aromatic rings. The minimum Gasteiger partial charge on any atom is -0.353 e. The van der Waals surface area contributed by atoms with E-state index in [0.717, 1.165) is 62.0 Å². The molecule has 2 unspecified atom stereocenters. The minimum absolute atomic E-state index is 0.224. The maximum atomic E-state index is 6.30. The summed E-state index contributed by atoms with van der Waals surface area (Å²) >= 11 is 6.30. The molecule has 144 valence electrons. The number of aryl methyl sites for hydroxylation is 1. The average Bonchev–Trinajstić information content (AvgIpc) is 2.74. The molecular formula is C22H29ClN4. The number of hydrogen-bond donors (Lipinski definition) is 1. The van der Waals surface area contributed by atoms with Crippen molar-refractivity contribution in [3.8, 4) is 0 Å². The van der Waals surface area contributed by atoms with Gasteiger partial charge in [-0.25, -0.2) is 4.99 Å². The summed E-state index contributed by atoms with van der Waals surface area (Å²) in [6, 6.07) is 6.34. The van der Waals surface area contributed by atoms with E-state index >= 15 is 0 Å². The largest absolute Gasteiger partial charge is 0.353 e. The number of nitrogens with one attached hydrogen (secondary N) is 1. The number of piperazine rings is 1. The Labute approximate surface area is 167 Å². The number of halogens is 1. The number of aliphatic imine (C=N–C) groups is 2. The first kappa shape index (κ1) is 18.7. The Morgan fingerprint density at radius 3 is 2.70 bits per heavy atom. The van der Waals surface area contributed by atoms with Gasteiger partial charge in [0.15, 0.2) is 5.84 Å². The van der Waals surface area contributed by atoms with E-state index in [0.29, 0.717) is 5.92 Å². The van der Waals surface area contributed by atoms with Crippen molar-refractivity contribution in [1.29, 1.82) is 0 Å². The Hall–Kier alpha value is -1.65. The van der Waals surface area contributed by atoms with E-state index in [9.17, 15) is 0 Å². The number of benzene rings is 1. The monoisotopic (exact) mass is 384 g/mol. The van der Waals surface area contributed by atoms with Crippen LogP contribution in [0.3, 0.4) is 0 Å². The van der Waals surface area contributed by atoms with Gasteiger partial charge in [0.1, 0.15) is 0 Å². The molecule has 0 aromatic heterocycles. The van der Waals surface area contributed by atoms with Gasteiger partial charge in [-0.05, 0) is 69.7 Å². The lowest BCUT2D eigenvalue weighted by Gasteiger charge is -2.31. The fourth-order valence-electron chi connectivity index (χ4n) is 4.39.